The number of nitrogens with one attached hydrogen (secondary N) is 1. The van der Waals surface area contributed by atoms with Crippen molar-refractivity contribution in [2.24, 2.45) is 0 Å². The van der Waals surface area contributed by atoms with Gasteiger partial charge in [-0.3, -0.25) is 0 Å². The van der Waals surface area contributed by atoms with E-state index in [2.05, 4.69) is 11.4 Å². The van der Waals surface area contributed by atoms with Crippen LogP contribution in [0.3, 0.4) is 0 Å². The van der Waals surface area contributed by atoms with Crippen molar-refractivity contribution in [2.45, 2.75) is 45.4 Å². The molecule has 1 aliphatic rings. The molecular weight excluding hydrogens is 240 g/mol. The molecule has 0 spiro atoms. The highest BCUT2D eigenvalue weighted by Crippen LogP contribution is 2.33. The molecule has 1 fully saturated rings. The van der Waals surface area contributed by atoms with Crippen LogP contribution < -0.4 is 14.8 Å². The van der Waals surface area contributed by atoms with Crippen LogP contribution in [0.25, 0.3) is 0 Å². The highest BCUT2D eigenvalue weighted by Gasteiger charge is 2.21. The largest absolute Gasteiger partial charge is 0.490 e. The van der Waals surface area contributed by atoms with E-state index in [9.17, 15) is 0 Å². The van der Waals surface area contributed by atoms with Gasteiger partial charge in [-0.15, -0.1) is 0 Å². The lowest BCUT2D eigenvalue weighted by atomic mass is 10.1. The number of hydrogen-bond donors (Lipinski definition) is 1. The Balaban J connectivity index is 2.17. The van der Waals surface area contributed by atoms with Gasteiger partial charge in [0, 0.05) is 18.2 Å². The second-order valence-corrected chi connectivity index (χ2v) is 4.72. The van der Waals surface area contributed by atoms with Crippen molar-refractivity contribution in [1.29, 1.82) is 5.26 Å². The van der Waals surface area contributed by atoms with Crippen molar-refractivity contribution in [3.63, 3.8) is 0 Å². The van der Waals surface area contributed by atoms with Crippen molar-refractivity contribution in [3.8, 4) is 17.6 Å². The topological polar surface area (TPSA) is 54.3 Å². The third-order valence-corrected chi connectivity index (χ3v) is 3.00. The van der Waals surface area contributed by atoms with Crippen molar-refractivity contribution < 1.29 is 9.47 Å². The van der Waals surface area contributed by atoms with Crippen molar-refractivity contribution >= 4 is 0 Å². The van der Waals surface area contributed by atoms with Gasteiger partial charge in [0.15, 0.2) is 17.6 Å². The highest BCUT2D eigenvalue weighted by molar-refractivity contribution is 5.47. The van der Waals surface area contributed by atoms with Gasteiger partial charge in [-0.25, -0.2) is 0 Å². The Hall–Kier alpha value is -1.73. The lowest BCUT2D eigenvalue weighted by Crippen LogP contribution is -2.18. The fourth-order valence-electron chi connectivity index (χ4n) is 1.85. The summed E-state index contributed by atoms with van der Waals surface area (Å²) in [6.07, 6.45) is 2.01. The summed E-state index contributed by atoms with van der Waals surface area (Å²) in [6.45, 7) is 5.00. The van der Waals surface area contributed by atoms with E-state index >= 15 is 0 Å². The second-order valence-electron chi connectivity index (χ2n) is 4.72. The number of nitrogens with zero attached hydrogens (tertiary/aromatic N) is 1. The molecule has 1 atom stereocenters. The molecule has 0 aliphatic heterocycles. The smallest absolute Gasteiger partial charge is 0.181 e. The summed E-state index contributed by atoms with van der Waals surface area (Å²) in [4.78, 5) is 0. The molecular formula is C15H20N2O2. The van der Waals surface area contributed by atoms with Crippen LogP contribution in [0.4, 0.5) is 0 Å². The Morgan fingerprint density at radius 2 is 2.26 bits per heavy atom. The van der Waals surface area contributed by atoms with Crippen LogP contribution in [0.5, 0.6) is 11.5 Å². The van der Waals surface area contributed by atoms with Gasteiger partial charge in [-0.2, -0.15) is 5.26 Å². The third-order valence-electron chi connectivity index (χ3n) is 3.00. The maximum Gasteiger partial charge on any atom is 0.181 e. The summed E-state index contributed by atoms with van der Waals surface area (Å²) in [5.41, 5.74) is 1.04. The number of benzene rings is 1. The molecule has 0 heterocycles. The average Bonchev–Trinajstić information content (AvgIpc) is 3.23. The summed E-state index contributed by atoms with van der Waals surface area (Å²) in [6, 6.07) is 8.57. The Morgan fingerprint density at radius 3 is 2.89 bits per heavy atom. The van der Waals surface area contributed by atoms with E-state index in [1.54, 1.807) is 6.92 Å². The summed E-state index contributed by atoms with van der Waals surface area (Å²) in [7, 11) is 0. The standard InChI is InChI=1S/C15H20N2O2/c1-3-18-14-6-4-5-12(10-17-13-7-8-13)15(14)19-11(2)9-16/h4-6,11,13,17H,3,7-8,10H2,1-2H3. The normalized spacial score (nSPS) is 15.6. The first-order valence-electron chi connectivity index (χ1n) is 6.79. The minimum atomic E-state index is -0.485. The Labute approximate surface area is 114 Å². The molecule has 1 N–H and O–H groups in total. The van der Waals surface area contributed by atoms with Crippen LogP contribution in [0.1, 0.15) is 32.3 Å². The van der Waals surface area contributed by atoms with Gasteiger partial charge in [0.05, 0.1) is 6.61 Å². The van der Waals surface area contributed by atoms with E-state index in [1.807, 2.05) is 25.1 Å². The molecule has 0 amide bonds. The molecule has 1 aromatic carbocycles. The molecule has 1 unspecified atom stereocenters. The number of para-hydroxylation sites is 1. The van der Waals surface area contributed by atoms with Crippen LogP contribution in [0, 0.1) is 11.3 Å². The maximum atomic E-state index is 8.90. The van der Waals surface area contributed by atoms with Crippen LogP contribution in [0.2, 0.25) is 0 Å². The van der Waals surface area contributed by atoms with E-state index in [-0.39, 0.29) is 0 Å². The van der Waals surface area contributed by atoms with Gasteiger partial charge >= 0.3 is 0 Å². The van der Waals surface area contributed by atoms with Gasteiger partial charge in [-0.05, 0) is 32.8 Å². The number of ether oxygens (including phenoxy) is 2. The van der Waals surface area contributed by atoms with E-state index in [0.29, 0.717) is 24.1 Å². The SMILES string of the molecule is CCOc1cccc(CNC2CC2)c1OC(C)C#N. The highest BCUT2D eigenvalue weighted by atomic mass is 16.5. The number of hydrogen-bond acceptors (Lipinski definition) is 4. The fraction of sp³-hybridized carbons (Fsp3) is 0.533. The molecule has 1 aromatic rings. The van der Waals surface area contributed by atoms with Crippen LogP contribution in [-0.2, 0) is 6.54 Å². The maximum absolute atomic E-state index is 8.90. The fourth-order valence-corrected chi connectivity index (χ4v) is 1.85. The van der Waals surface area contributed by atoms with E-state index in [0.717, 1.165) is 12.1 Å². The van der Waals surface area contributed by atoms with Crippen molar-refractivity contribution in [1.82, 2.24) is 5.32 Å². The molecule has 1 saturated carbocycles. The Bertz CT molecular complexity index is 464. The molecule has 0 saturated heterocycles. The molecule has 0 aromatic heterocycles. The van der Waals surface area contributed by atoms with Gasteiger partial charge in [0.25, 0.3) is 0 Å². The Morgan fingerprint density at radius 1 is 1.47 bits per heavy atom. The molecule has 102 valence electrons. The van der Waals surface area contributed by atoms with Crippen LogP contribution in [-0.4, -0.2) is 18.8 Å². The molecule has 4 nitrogen and oxygen atoms in total. The summed E-state index contributed by atoms with van der Waals surface area (Å²) in [5.74, 6) is 1.39. The molecule has 4 heteroatoms. The van der Waals surface area contributed by atoms with Gasteiger partial charge in [0.1, 0.15) is 6.07 Å². The van der Waals surface area contributed by atoms with Crippen molar-refractivity contribution in [3.05, 3.63) is 23.8 Å². The lowest BCUT2D eigenvalue weighted by molar-refractivity contribution is 0.247. The predicted molar refractivity (Wildman–Crippen MR) is 73.2 cm³/mol. The van der Waals surface area contributed by atoms with E-state index < -0.39 is 6.10 Å². The predicted octanol–water partition coefficient (Wildman–Crippen LogP) is 2.63. The van der Waals surface area contributed by atoms with Crippen LogP contribution in [0.15, 0.2) is 18.2 Å². The van der Waals surface area contributed by atoms with Gasteiger partial charge in [-0.1, -0.05) is 12.1 Å². The molecule has 1 aliphatic carbocycles. The first-order chi connectivity index (χ1) is 9.24. The molecule has 2 rings (SSSR count). The van der Waals surface area contributed by atoms with Gasteiger partial charge < -0.3 is 14.8 Å². The first kappa shape index (κ1) is 13.7. The number of rotatable bonds is 7. The molecule has 0 radical (unpaired) electrons. The van der Waals surface area contributed by atoms with Crippen molar-refractivity contribution in [2.75, 3.05) is 6.61 Å². The summed E-state index contributed by atoms with van der Waals surface area (Å²) < 4.78 is 11.3. The zero-order chi connectivity index (χ0) is 13.7. The summed E-state index contributed by atoms with van der Waals surface area (Å²) in [5, 5.41) is 12.4. The van der Waals surface area contributed by atoms with E-state index in [1.165, 1.54) is 12.8 Å². The minimum absolute atomic E-state index is 0.485. The molecule has 19 heavy (non-hydrogen) atoms. The average molecular weight is 260 g/mol. The number of nitriles is 1. The summed E-state index contributed by atoms with van der Waals surface area (Å²) >= 11 is 0. The Kier molecular flexibility index (Phi) is 4.64. The lowest BCUT2D eigenvalue weighted by Gasteiger charge is -2.17. The molecule has 0 bridgehead atoms. The zero-order valence-corrected chi connectivity index (χ0v) is 11.5. The van der Waals surface area contributed by atoms with Gasteiger partial charge in [0.2, 0.25) is 0 Å². The van der Waals surface area contributed by atoms with E-state index in [4.69, 9.17) is 14.7 Å². The second kappa shape index (κ2) is 6.44. The zero-order valence-electron chi connectivity index (χ0n) is 11.5. The minimum Gasteiger partial charge on any atom is -0.490 e. The quantitative estimate of drug-likeness (QED) is 0.818. The van der Waals surface area contributed by atoms with Crippen LogP contribution >= 0.6 is 0 Å². The third kappa shape index (κ3) is 3.87. The first-order valence-corrected chi connectivity index (χ1v) is 6.79. The monoisotopic (exact) mass is 260 g/mol.